The fourth-order valence-electron chi connectivity index (χ4n) is 3.11. The fraction of sp³-hybridized carbons (Fsp3) is 0.500. The van der Waals surface area contributed by atoms with Crippen molar-refractivity contribution in [2.24, 2.45) is 0 Å². The number of alkyl halides is 3. The van der Waals surface area contributed by atoms with Gasteiger partial charge in [0, 0.05) is 18.3 Å². The number of ether oxygens (including phenoxy) is 1. The average Bonchev–Trinajstić information content (AvgIpc) is 2.95. The number of aromatic nitrogens is 2. The Labute approximate surface area is 159 Å². The maximum Gasteiger partial charge on any atom is 0.417 e. The van der Waals surface area contributed by atoms with Crippen LogP contribution in [0.3, 0.4) is 0 Å². The molecular weight excluding hydrogens is 379 g/mol. The lowest BCUT2D eigenvalue weighted by atomic mass is 9.93. The average molecular weight is 399 g/mol. The molecule has 2 heterocycles. The molecule has 1 N–H and O–H groups in total. The van der Waals surface area contributed by atoms with Gasteiger partial charge in [0.25, 0.3) is 5.91 Å². The summed E-state index contributed by atoms with van der Waals surface area (Å²) < 4.78 is 43.4. The van der Waals surface area contributed by atoms with Gasteiger partial charge in [-0.3, -0.25) is 4.79 Å². The second kappa shape index (κ2) is 7.84. The number of nitrogens with zero attached hydrogens (tertiary/aromatic N) is 2. The molecule has 0 radical (unpaired) electrons. The number of carbonyl (C=O) groups is 1. The molecule has 0 atom stereocenters. The van der Waals surface area contributed by atoms with Crippen LogP contribution in [0.5, 0.6) is 5.88 Å². The molecule has 0 bridgehead atoms. The quantitative estimate of drug-likeness (QED) is 0.833. The number of pyridine rings is 1. The molecule has 1 aliphatic rings. The first kappa shape index (κ1) is 19.6. The predicted octanol–water partition coefficient (Wildman–Crippen LogP) is 4.29. The highest BCUT2D eigenvalue weighted by Crippen LogP contribution is 2.30. The number of rotatable bonds is 4. The number of halogens is 3. The van der Waals surface area contributed by atoms with E-state index in [1.54, 1.807) is 0 Å². The van der Waals surface area contributed by atoms with Crippen molar-refractivity contribution in [2.75, 3.05) is 0 Å². The summed E-state index contributed by atoms with van der Waals surface area (Å²) in [5.41, 5.74) is -0.0599. The van der Waals surface area contributed by atoms with Gasteiger partial charge in [-0.1, -0.05) is 0 Å². The van der Waals surface area contributed by atoms with Crippen molar-refractivity contribution in [1.29, 1.82) is 0 Å². The summed E-state index contributed by atoms with van der Waals surface area (Å²) in [5, 5.41) is 3.89. The van der Waals surface area contributed by atoms with Crippen LogP contribution >= 0.6 is 11.3 Å². The SMILES string of the molecule is Cc1nc(C)c(C(=O)NC2CCC(Oc3ccc(C(F)(F)F)cn3)CC2)s1. The number of hydrogen-bond donors (Lipinski definition) is 1. The summed E-state index contributed by atoms with van der Waals surface area (Å²) in [6.07, 6.45) is -0.850. The van der Waals surface area contributed by atoms with E-state index in [0.29, 0.717) is 17.7 Å². The normalized spacial score (nSPS) is 20.3. The fourth-order valence-corrected chi connectivity index (χ4v) is 3.93. The smallest absolute Gasteiger partial charge is 0.417 e. The van der Waals surface area contributed by atoms with Crippen LogP contribution in [0.2, 0.25) is 0 Å². The molecule has 0 aliphatic heterocycles. The molecule has 2 aromatic heterocycles. The maximum absolute atomic E-state index is 12.6. The Kier molecular flexibility index (Phi) is 5.69. The number of amides is 1. The van der Waals surface area contributed by atoms with Gasteiger partial charge in [0.15, 0.2) is 0 Å². The van der Waals surface area contributed by atoms with Gasteiger partial charge in [-0.2, -0.15) is 13.2 Å². The van der Waals surface area contributed by atoms with E-state index in [9.17, 15) is 18.0 Å². The molecule has 1 saturated carbocycles. The number of nitrogens with one attached hydrogen (secondary N) is 1. The van der Waals surface area contributed by atoms with Gasteiger partial charge in [-0.15, -0.1) is 11.3 Å². The van der Waals surface area contributed by atoms with Gasteiger partial charge in [0.1, 0.15) is 11.0 Å². The highest BCUT2D eigenvalue weighted by atomic mass is 32.1. The predicted molar refractivity (Wildman–Crippen MR) is 95.0 cm³/mol. The van der Waals surface area contributed by atoms with Gasteiger partial charge >= 0.3 is 6.18 Å². The Morgan fingerprint density at radius 3 is 2.44 bits per heavy atom. The van der Waals surface area contributed by atoms with Gasteiger partial charge < -0.3 is 10.1 Å². The third-order valence-corrected chi connectivity index (χ3v) is 5.54. The highest BCUT2D eigenvalue weighted by Gasteiger charge is 2.31. The number of carbonyl (C=O) groups excluding carboxylic acids is 1. The Balaban J connectivity index is 1.49. The van der Waals surface area contributed by atoms with Crippen LogP contribution in [-0.2, 0) is 6.18 Å². The van der Waals surface area contributed by atoms with Gasteiger partial charge in [-0.25, -0.2) is 9.97 Å². The molecule has 146 valence electrons. The lowest BCUT2D eigenvalue weighted by Crippen LogP contribution is -2.39. The molecule has 2 aromatic rings. The molecular formula is C18H20F3N3O2S. The Morgan fingerprint density at radius 1 is 1.22 bits per heavy atom. The minimum Gasteiger partial charge on any atom is -0.474 e. The van der Waals surface area contributed by atoms with Crippen LogP contribution in [0.1, 0.15) is 51.6 Å². The van der Waals surface area contributed by atoms with E-state index >= 15 is 0 Å². The molecule has 5 nitrogen and oxygen atoms in total. The minimum atomic E-state index is -4.41. The second-order valence-corrected chi connectivity index (χ2v) is 7.80. The topological polar surface area (TPSA) is 64.1 Å². The molecule has 1 fully saturated rings. The lowest BCUT2D eigenvalue weighted by molar-refractivity contribution is -0.137. The largest absolute Gasteiger partial charge is 0.474 e. The van der Waals surface area contributed by atoms with Crippen molar-refractivity contribution in [2.45, 2.75) is 57.9 Å². The van der Waals surface area contributed by atoms with Crippen molar-refractivity contribution < 1.29 is 22.7 Å². The van der Waals surface area contributed by atoms with Crippen LogP contribution in [0.4, 0.5) is 13.2 Å². The van der Waals surface area contributed by atoms with E-state index in [1.807, 2.05) is 13.8 Å². The van der Waals surface area contributed by atoms with Crippen molar-refractivity contribution in [1.82, 2.24) is 15.3 Å². The van der Waals surface area contributed by atoms with Crippen molar-refractivity contribution in [3.8, 4) is 5.88 Å². The molecule has 0 saturated heterocycles. The zero-order valence-corrected chi connectivity index (χ0v) is 15.8. The number of aryl methyl sites for hydroxylation is 2. The van der Waals surface area contributed by atoms with Crippen LogP contribution in [0, 0.1) is 13.8 Å². The Morgan fingerprint density at radius 2 is 1.93 bits per heavy atom. The first-order valence-corrected chi connectivity index (χ1v) is 9.49. The van der Waals surface area contributed by atoms with E-state index in [-0.39, 0.29) is 23.9 Å². The van der Waals surface area contributed by atoms with Gasteiger partial charge in [0.2, 0.25) is 5.88 Å². The van der Waals surface area contributed by atoms with Gasteiger partial charge in [0.05, 0.1) is 16.3 Å². The molecule has 3 rings (SSSR count). The monoisotopic (exact) mass is 399 g/mol. The van der Waals surface area contributed by atoms with E-state index in [1.165, 1.54) is 17.4 Å². The van der Waals surface area contributed by atoms with Crippen LogP contribution in [0.25, 0.3) is 0 Å². The molecule has 27 heavy (non-hydrogen) atoms. The standard InChI is InChI=1S/C18H20F3N3O2S/c1-10-16(27-11(2)23-10)17(25)24-13-4-6-14(7-5-13)26-15-8-3-12(9-22-15)18(19,20)21/h3,8-9,13-14H,4-7H2,1-2H3,(H,24,25). The zero-order valence-electron chi connectivity index (χ0n) is 15.0. The summed E-state index contributed by atoms with van der Waals surface area (Å²) in [7, 11) is 0. The van der Waals surface area contributed by atoms with E-state index in [4.69, 9.17) is 4.74 Å². The van der Waals surface area contributed by atoms with Crippen LogP contribution in [0.15, 0.2) is 18.3 Å². The summed E-state index contributed by atoms with van der Waals surface area (Å²) in [4.78, 5) is 21.0. The van der Waals surface area contributed by atoms with Crippen molar-refractivity contribution >= 4 is 17.2 Å². The number of thiazole rings is 1. The first-order valence-electron chi connectivity index (χ1n) is 8.67. The van der Waals surface area contributed by atoms with Crippen LogP contribution < -0.4 is 10.1 Å². The van der Waals surface area contributed by atoms with Crippen LogP contribution in [-0.4, -0.2) is 28.0 Å². The summed E-state index contributed by atoms with van der Waals surface area (Å²) >= 11 is 1.38. The third-order valence-electron chi connectivity index (χ3n) is 4.47. The van der Waals surface area contributed by atoms with E-state index < -0.39 is 11.7 Å². The minimum absolute atomic E-state index is 0.0553. The summed E-state index contributed by atoms with van der Waals surface area (Å²) in [6, 6.07) is 2.26. The molecule has 0 unspecified atom stereocenters. The molecule has 1 amide bonds. The van der Waals surface area contributed by atoms with Crippen molar-refractivity contribution in [3.05, 3.63) is 39.5 Å². The molecule has 0 aromatic carbocycles. The Bertz CT molecular complexity index is 797. The second-order valence-electron chi connectivity index (χ2n) is 6.60. The van der Waals surface area contributed by atoms with Crippen molar-refractivity contribution in [3.63, 3.8) is 0 Å². The highest BCUT2D eigenvalue weighted by molar-refractivity contribution is 7.13. The first-order chi connectivity index (χ1) is 12.7. The van der Waals surface area contributed by atoms with E-state index in [2.05, 4.69) is 15.3 Å². The summed E-state index contributed by atoms with van der Waals surface area (Å²) in [6.45, 7) is 3.69. The third kappa shape index (κ3) is 4.97. The lowest BCUT2D eigenvalue weighted by Gasteiger charge is -2.29. The van der Waals surface area contributed by atoms with Gasteiger partial charge in [-0.05, 0) is 45.6 Å². The molecule has 9 heteroatoms. The summed E-state index contributed by atoms with van der Waals surface area (Å²) in [5.74, 6) is 0.0816. The Hall–Kier alpha value is -2.16. The maximum atomic E-state index is 12.6. The molecule has 1 aliphatic carbocycles. The molecule has 0 spiro atoms. The van der Waals surface area contributed by atoms with E-state index in [0.717, 1.165) is 35.8 Å². The zero-order chi connectivity index (χ0) is 19.6. The number of hydrogen-bond acceptors (Lipinski definition) is 5.